The first-order valence-electron chi connectivity index (χ1n) is 8.53. The second-order valence-corrected chi connectivity index (χ2v) is 6.83. The molecule has 22 heavy (non-hydrogen) atoms. The van der Waals surface area contributed by atoms with Crippen molar-refractivity contribution in [2.24, 2.45) is 5.92 Å². The van der Waals surface area contributed by atoms with Crippen molar-refractivity contribution >= 4 is 0 Å². The van der Waals surface area contributed by atoms with Crippen LogP contribution in [0, 0.1) is 5.92 Å². The van der Waals surface area contributed by atoms with Crippen molar-refractivity contribution in [1.29, 1.82) is 0 Å². The Hall–Kier alpha value is -1.26. The van der Waals surface area contributed by atoms with Crippen LogP contribution in [0.15, 0.2) is 12.1 Å². The molecule has 0 amide bonds. The first-order chi connectivity index (χ1) is 10.8. The van der Waals surface area contributed by atoms with E-state index in [-0.39, 0.29) is 0 Å². The Kier molecular flexibility index (Phi) is 3.74. The Balaban J connectivity index is 1.72. The third-order valence-electron chi connectivity index (χ3n) is 5.79. The summed E-state index contributed by atoms with van der Waals surface area (Å²) in [5.74, 6) is 2.63. The number of benzene rings is 1. The molecule has 120 valence electrons. The summed E-state index contributed by atoms with van der Waals surface area (Å²) in [5.41, 5.74) is 2.81. The number of hydrogen-bond donors (Lipinski definition) is 1. The molecule has 4 rings (SSSR count). The van der Waals surface area contributed by atoms with Crippen LogP contribution in [0.5, 0.6) is 11.5 Å². The second kappa shape index (κ2) is 5.74. The molecule has 0 saturated carbocycles. The first-order valence-corrected chi connectivity index (χ1v) is 8.53. The third kappa shape index (κ3) is 2.20. The van der Waals surface area contributed by atoms with E-state index in [0.29, 0.717) is 12.1 Å². The molecule has 3 aliphatic heterocycles. The number of ether oxygens (including phenoxy) is 2. The van der Waals surface area contributed by atoms with E-state index >= 15 is 0 Å². The zero-order valence-electron chi connectivity index (χ0n) is 13.6. The van der Waals surface area contributed by atoms with Crippen molar-refractivity contribution in [2.45, 2.75) is 37.8 Å². The van der Waals surface area contributed by atoms with E-state index in [2.05, 4.69) is 22.3 Å². The standard InChI is InChI=1S/C18H26N2O2/c1-21-16-6-5-12-7-9-20-11-13-4-3-8-19-14(13)10-15(20)17(12)18(16)22-2/h5-6,13-15,19H,3-4,7-11H2,1-2H3/t13-,14+,15-/m1/s1. The maximum atomic E-state index is 5.75. The summed E-state index contributed by atoms with van der Waals surface area (Å²) in [7, 11) is 3.49. The van der Waals surface area contributed by atoms with Gasteiger partial charge in [0.05, 0.1) is 14.2 Å². The lowest BCUT2D eigenvalue weighted by Crippen LogP contribution is -2.54. The van der Waals surface area contributed by atoms with Crippen LogP contribution in [0.25, 0.3) is 0 Å². The maximum Gasteiger partial charge on any atom is 0.165 e. The molecule has 4 heteroatoms. The van der Waals surface area contributed by atoms with Crippen LogP contribution < -0.4 is 14.8 Å². The van der Waals surface area contributed by atoms with Gasteiger partial charge in [0.25, 0.3) is 0 Å². The highest BCUT2D eigenvalue weighted by molar-refractivity contribution is 5.53. The fraction of sp³-hybridized carbons (Fsp3) is 0.667. The number of methoxy groups -OCH3 is 2. The number of hydrogen-bond acceptors (Lipinski definition) is 4. The largest absolute Gasteiger partial charge is 0.493 e. The highest BCUT2D eigenvalue weighted by atomic mass is 16.5. The molecular weight excluding hydrogens is 276 g/mol. The molecule has 0 radical (unpaired) electrons. The molecule has 0 bridgehead atoms. The van der Waals surface area contributed by atoms with Gasteiger partial charge < -0.3 is 14.8 Å². The van der Waals surface area contributed by atoms with Crippen LogP contribution in [0.2, 0.25) is 0 Å². The van der Waals surface area contributed by atoms with Crippen LogP contribution in [0.3, 0.4) is 0 Å². The van der Waals surface area contributed by atoms with E-state index in [1.54, 1.807) is 14.2 Å². The van der Waals surface area contributed by atoms with Crippen molar-refractivity contribution in [1.82, 2.24) is 10.2 Å². The molecule has 0 aromatic heterocycles. The van der Waals surface area contributed by atoms with Gasteiger partial charge in [0.15, 0.2) is 11.5 Å². The van der Waals surface area contributed by atoms with E-state index in [4.69, 9.17) is 9.47 Å². The summed E-state index contributed by atoms with van der Waals surface area (Å²) in [6, 6.07) is 5.42. The zero-order valence-corrected chi connectivity index (χ0v) is 13.6. The third-order valence-corrected chi connectivity index (χ3v) is 5.79. The van der Waals surface area contributed by atoms with Crippen molar-refractivity contribution in [3.63, 3.8) is 0 Å². The fourth-order valence-electron chi connectivity index (χ4n) is 4.72. The van der Waals surface area contributed by atoms with Gasteiger partial charge in [-0.3, -0.25) is 4.90 Å². The topological polar surface area (TPSA) is 33.7 Å². The lowest BCUT2D eigenvalue weighted by atomic mass is 9.77. The van der Waals surface area contributed by atoms with Crippen LogP contribution >= 0.6 is 0 Å². The van der Waals surface area contributed by atoms with Crippen LogP contribution in [-0.2, 0) is 6.42 Å². The molecule has 0 aliphatic carbocycles. The SMILES string of the molecule is COc1ccc2c(c1OC)[C@H]1C[C@@H]3NCCC[C@@H]3CN1CC2. The van der Waals surface area contributed by atoms with Crippen molar-refractivity contribution in [3.8, 4) is 11.5 Å². The number of rotatable bonds is 2. The van der Waals surface area contributed by atoms with Crippen molar-refractivity contribution in [2.75, 3.05) is 33.9 Å². The summed E-state index contributed by atoms with van der Waals surface area (Å²) >= 11 is 0. The predicted octanol–water partition coefficient (Wildman–Crippen LogP) is 2.37. The Morgan fingerprint density at radius 1 is 1.23 bits per heavy atom. The molecule has 2 saturated heterocycles. The minimum Gasteiger partial charge on any atom is -0.493 e. The van der Waals surface area contributed by atoms with Gasteiger partial charge in [-0.2, -0.15) is 0 Å². The minimum absolute atomic E-state index is 0.473. The highest BCUT2D eigenvalue weighted by Crippen LogP contribution is 2.47. The van der Waals surface area contributed by atoms with E-state index in [9.17, 15) is 0 Å². The monoisotopic (exact) mass is 302 g/mol. The molecule has 0 spiro atoms. The minimum atomic E-state index is 0.473. The van der Waals surface area contributed by atoms with Gasteiger partial charge in [-0.25, -0.2) is 0 Å². The fourth-order valence-corrected chi connectivity index (χ4v) is 4.72. The lowest BCUT2D eigenvalue weighted by Gasteiger charge is -2.49. The number of nitrogens with zero attached hydrogens (tertiary/aromatic N) is 1. The van der Waals surface area contributed by atoms with E-state index in [0.717, 1.165) is 23.8 Å². The highest BCUT2D eigenvalue weighted by Gasteiger charge is 2.41. The average molecular weight is 302 g/mol. The van der Waals surface area contributed by atoms with E-state index in [1.165, 1.54) is 50.0 Å². The smallest absolute Gasteiger partial charge is 0.165 e. The zero-order chi connectivity index (χ0) is 15.1. The molecule has 3 atom stereocenters. The molecule has 3 aliphatic rings. The van der Waals surface area contributed by atoms with Gasteiger partial charge in [0.2, 0.25) is 0 Å². The average Bonchev–Trinajstić information content (AvgIpc) is 2.58. The van der Waals surface area contributed by atoms with Gasteiger partial charge in [-0.05, 0) is 49.8 Å². The Labute approximate surface area is 132 Å². The molecule has 2 fully saturated rings. The molecule has 4 nitrogen and oxygen atoms in total. The Morgan fingerprint density at radius 2 is 2.14 bits per heavy atom. The number of nitrogens with one attached hydrogen (secondary N) is 1. The lowest BCUT2D eigenvalue weighted by molar-refractivity contribution is 0.0536. The summed E-state index contributed by atoms with van der Waals surface area (Å²) in [6.07, 6.45) is 5.02. The maximum absolute atomic E-state index is 5.75. The summed E-state index contributed by atoms with van der Waals surface area (Å²) in [5, 5.41) is 3.75. The normalized spacial score (nSPS) is 30.9. The van der Waals surface area contributed by atoms with Gasteiger partial charge in [-0.15, -0.1) is 0 Å². The van der Waals surface area contributed by atoms with E-state index < -0.39 is 0 Å². The molecule has 3 heterocycles. The molecular formula is C18H26N2O2. The van der Waals surface area contributed by atoms with Crippen LogP contribution in [0.1, 0.15) is 36.4 Å². The molecule has 0 unspecified atom stereocenters. The van der Waals surface area contributed by atoms with Gasteiger partial charge in [0.1, 0.15) is 0 Å². The summed E-state index contributed by atoms with van der Waals surface area (Å²) in [4.78, 5) is 2.68. The van der Waals surface area contributed by atoms with Gasteiger partial charge in [0, 0.05) is 30.7 Å². The Bertz CT molecular complexity index is 560. The van der Waals surface area contributed by atoms with Gasteiger partial charge in [-0.1, -0.05) is 6.07 Å². The second-order valence-electron chi connectivity index (χ2n) is 6.83. The first kappa shape index (κ1) is 14.3. The Morgan fingerprint density at radius 3 is 2.95 bits per heavy atom. The van der Waals surface area contributed by atoms with Crippen molar-refractivity contribution < 1.29 is 9.47 Å². The molecule has 1 aromatic carbocycles. The predicted molar refractivity (Wildman–Crippen MR) is 86.7 cm³/mol. The summed E-state index contributed by atoms with van der Waals surface area (Å²) in [6.45, 7) is 3.58. The molecule has 1 N–H and O–H groups in total. The van der Waals surface area contributed by atoms with E-state index in [1.807, 2.05) is 0 Å². The van der Waals surface area contributed by atoms with Crippen LogP contribution in [-0.4, -0.2) is 44.8 Å². The summed E-state index contributed by atoms with van der Waals surface area (Å²) < 4.78 is 11.3. The number of fused-ring (bicyclic) bond motifs is 4. The number of piperidine rings is 2. The van der Waals surface area contributed by atoms with Gasteiger partial charge >= 0.3 is 0 Å². The van der Waals surface area contributed by atoms with Crippen LogP contribution in [0.4, 0.5) is 0 Å². The van der Waals surface area contributed by atoms with Crippen molar-refractivity contribution in [3.05, 3.63) is 23.3 Å². The quantitative estimate of drug-likeness (QED) is 0.909. The molecule has 1 aromatic rings.